The van der Waals surface area contributed by atoms with E-state index in [1.807, 2.05) is 26.0 Å². The van der Waals surface area contributed by atoms with Gasteiger partial charge in [-0.2, -0.15) is 5.26 Å². The fraction of sp³-hybridized carbons (Fsp3) is 0.600. The van der Waals surface area contributed by atoms with Crippen LogP contribution in [0.15, 0.2) is 24.3 Å². The lowest BCUT2D eigenvalue weighted by Gasteiger charge is -2.40. The molecule has 7 nitrogen and oxygen atoms in total. The second-order valence-corrected chi connectivity index (χ2v) is 10.1. The van der Waals surface area contributed by atoms with Gasteiger partial charge in [0.15, 0.2) is 0 Å². The third-order valence-corrected chi connectivity index (χ3v) is 7.25. The molecule has 1 heterocycles. The summed E-state index contributed by atoms with van der Waals surface area (Å²) >= 11 is 0. The molecule has 1 aromatic carbocycles. The first-order chi connectivity index (χ1) is 15.0. The van der Waals surface area contributed by atoms with E-state index in [9.17, 15) is 14.4 Å². The number of imide groups is 1. The largest absolute Gasteiger partial charge is 0.335 e. The van der Waals surface area contributed by atoms with Crippen LogP contribution >= 0.6 is 0 Å². The molecule has 3 rings (SSSR count). The summed E-state index contributed by atoms with van der Waals surface area (Å²) in [5.41, 5.74) is 0.760. The zero-order valence-electron chi connectivity index (χ0n) is 19.8. The highest BCUT2D eigenvalue weighted by atomic mass is 16.2. The van der Waals surface area contributed by atoms with Crippen molar-refractivity contribution in [2.24, 2.45) is 11.3 Å². The van der Waals surface area contributed by atoms with Crippen LogP contribution in [0.1, 0.15) is 77.5 Å². The van der Waals surface area contributed by atoms with E-state index in [-0.39, 0.29) is 29.8 Å². The summed E-state index contributed by atoms with van der Waals surface area (Å²) in [4.78, 5) is 41.8. The maximum absolute atomic E-state index is 13.2. The Bertz CT molecular complexity index is 918. The van der Waals surface area contributed by atoms with Crippen LogP contribution in [0.3, 0.4) is 0 Å². The molecular weight excluding hydrogens is 404 g/mol. The molecule has 1 aromatic rings. The predicted octanol–water partition coefficient (Wildman–Crippen LogP) is 3.99. The summed E-state index contributed by atoms with van der Waals surface area (Å²) in [5.74, 6) is -0.0315. The van der Waals surface area contributed by atoms with Crippen molar-refractivity contribution in [2.75, 3.05) is 13.1 Å². The van der Waals surface area contributed by atoms with Gasteiger partial charge in [-0.3, -0.25) is 14.5 Å². The minimum Gasteiger partial charge on any atom is -0.335 e. The SMILES string of the molecule is CCN(C(=O)CN1C(=O)NC2(CCC(C(C)(C)C)CC2)C1=O)C(C)c1ccc(C#N)cc1. The van der Waals surface area contributed by atoms with Gasteiger partial charge in [0, 0.05) is 6.54 Å². The highest BCUT2D eigenvalue weighted by Gasteiger charge is 2.53. The quantitative estimate of drug-likeness (QED) is 0.703. The van der Waals surface area contributed by atoms with Crippen LogP contribution in [0, 0.1) is 22.7 Å². The van der Waals surface area contributed by atoms with Gasteiger partial charge in [-0.25, -0.2) is 4.79 Å². The van der Waals surface area contributed by atoms with Gasteiger partial charge < -0.3 is 10.2 Å². The number of nitrogens with zero attached hydrogens (tertiary/aromatic N) is 3. The van der Waals surface area contributed by atoms with Crippen molar-refractivity contribution in [3.63, 3.8) is 0 Å². The number of carbonyl (C=O) groups is 3. The van der Waals surface area contributed by atoms with Crippen molar-refractivity contribution in [1.29, 1.82) is 5.26 Å². The van der Waals surface area contributed by atoms with E-state index in [0.717, 1.165) is 23.3 Å². The smallest absolute Gasteiger partial charge is 0.325 e. The zero-order valence-corrected chi connectivity index (χ0v) is 19.8. The minimum absolute atomic E-state index is 0.173. The molecule has 1 atom stereocenters. The molecule has 1 N–H and O–H groups in total. The molecular formula is C25H34N4O3. The van der Waals surface area contributed by atoms with Gasteiger partial charge in [0.1, 0.15) is 12.1 Å². The monoisotopic (exact) mass is 438 g/mol. The maximum atomic E-state index is 13.2. The van der Waals surface area contributed by atoms with Gasteiger partial charge in [-0.1, -0.05) is 32.9 Å². The number of likely N-dealkylation sites (N-methyl/N-ethyl adjacent to an activating group) is 1. The second kappa shape index (κ2) is 8.93. The number of carbonyl (C=O) groups excluding carboxylic acids is 3. The molecule has 2 aliphatic rings. The highest BCUT2D eigenvalue weighted by molar-refractivity contribution is 6.09. The summed E-state index contributed by atoms with van der Waals surface area (Å²) in [6.07, 6.45) is 2.99. The van der Waals surface area contributed by atoms with E-state index in [0.29, 0.717) is 30.9 Å². The first-order valence-corrected chi connectivity index (χ1v) is 11.5. The number of rotatable bonds is 5. The number of hydrogen-bond acceptors (Lipinski definition) is 4. The standard InChI is InChI=1S/C25H34N4O3/c1-6-28(17(2)19-9-7-18(15-26)8-10-19)21(30)16-29-22(31)25(27-23(29)32)13-11-20(12-14-25)24(3,4)5/h7-10,17,20H,6,11-14,16H2,1-5H3,(H,27,32). The first-order valence-electron chi connectivity index (χ1n) is 11.5. The molecule has 0 bridgehead atoms. The third-order valence-electron chi connectivity index (χ3n) is 7.25. The molecule has 1 unspecified atom stereocenters. The molecule has 1 aliphatic heterocycles. The molecule has 1 spiro atoms. The fourth-order valence-electron chi connectivity index (χ4n) is 5.04. The molecule has 4 amide bonds. The number of amides is 4. The molecule has 172 valence electrons. The number of urea groups is 1. The Morgan fingerprint density at radius 1 is 1.25 bits per heavy atom. The number of hydrogen-bond donors (Lipinski definition) is 1. The molecule has 32 heavy (non-hydrogen) atoms. The molecule has 2 fully saturated rings. The zero-order chi connectivity index (χ0) is 23.7. The van der Waals surface area contributed by atoms with E-state index < -0.39 is 11.6 Å². The molecule has 1 aliphatic carbocycles. The molecule has 1 saturated carbocycles. The van der Waals surface area contributed by atoms with Crippen LogP contribution in [0.4, 0.5) is 4.79 Å². The van der Waals surface area contributed by atoms with Gasteiger partial charge in [-0.05, 0) is 68.6 Å². The van der Waals surface area contributed by atoms with Gasteiger partial charge in [0.05, 0.1) is 17.7 Å². The van der Waals surface area contributed by atoms with E-state index in [2.05, 4.69) is 32.2 Å². The van der Waals surface area contributed by atoms with Crippen LogP contribution < -0.4 is 5.32 Å². The predicted molar refractivity (Wildman–Crippen MR) is 121 cm³/mol. The second-order valence-electron chi connectivity index (χ2n) is 10.1. The number of nitriles is 1. The lowest BCUT2D eigenvalue weighted by molar-refractivity contribution is -0.141. The van der Waals surface area contributed by atoms with E-state index in [1.54, 1.807) is 17.0 Å². The highest BCUT2D eigenvalue weighted by Crippen LogP contribution is 2.43. The summed E-state index contributed by atoms with van der Waals surface area (Å²) in [6.45, 7) is 10.6. The van der Waals surface area contributed by atoms with E-state index in [4.69, 9.17) is 5.26 Å². The average Bonchev–Trinajstić information content (AvgIpc) is 2.97. The first kappa shape index (κ1) is 23.8. The van der Waals surface area contributed by atoms with Crippen molar-refractivity contribution in [2.45, 2.75) is 71.9 Å². The maximum Gasteiger partial charge on any atom is 0.325 e. The van der Waals surface area contributed by atoms with Crippen molar-refractivity contribution in [1.82, 2.24) is 15.1 Å². The summed E-state index contributed by atoms with van der Waals surface area (Å²) in [5, 5.41) is 11.9. The van der Waals surface area contributed by atoms with Crippen LogP contribution in [-0.4, -0.2) is 46.3 Å². The Labute approximate surface area is 190 Å². The lowest BCUT2D eigenvalue weighted by Crippen LogP contribution is -2.51. The average molecular weight is 439 g/mol. The van der Waals surface area contributed by atoms with Crippen LogP contribution in [0.5, 0.6) is 0 Å². The van der Waals surface area contributed by atoms with E-state index in [1.165, 1.54) is 0 Å². The minimum atomic E-state index is -0.866. The Balaban J connectivity index is 1.69. The lowest BCUT2D eigenvalue weighted by atomic mass is 9.67. The molecule has 7 heteroatoms. The normalized spacial score (nSPS) is 24.2. The van der Waals surface area contributed by atoms with Crippen LogP contribution in [-0.2, 0) is 9.59 Å². The fourth-order valence-corrected chi connectivity index (χ4v) is 5.04. The van der Waals surface area contributed by atoms with Crippen molar-refractivity contribution < 1.29 is 14.4 Å². The van der Waals surface area contributed by atoms with Gasteiger partial charge in [-0.15, -0.1) is 0 Å². The van der Waals surface area contributed by atoms with Crippen molar-refractivity contribution in [3.05, 3.63) is 35.4 Å². The van der Waals surface area contributed by atoms with Gasteiger partial charge in [0.2, 0.25) is 5.91 Å². The van der Waals surface area contributed by atoms with Gasteiger partial charge >= 0.3 is 6.03 Å². The summed E-state index contributed by atoms with van der Waals surface area (Å²) in [6, 6.07) is 8.48. The van der Waals surface area contributed by atoms with Crippen molar-refractivity contribution >= 4 is 17.8 Å². The van der Waals surface area contributed by atoms with E-state index >= 15 is 0 Å². The molecule has 0 radical (unpaired) electrons. The van der Waals surface area contributed by atoms with Crippen LogP contribution in [0.25, 0.3) is 0 Å². The Kier molecular flexibility index (Phi) is 6.64. The number of benzene rings is 1. The van der Waals surface area contributed by atoms with Gasteiger partial charge in [0.25, 0.3) is 5.91 Å². The molecule has 1 saturated heterocycles. The van der Waals surface area contributed by atoms with Crippen LogP contribution in [0.2, 0.25) is 0 Å². The topological polar surface area (TPSA) is 93.5 Å². The Morgan fingerprint density at radius 3 is 2.34 bits per heavy atom. The number of nitrogens with one attached hydrogen (secondary N) is 1. The Morgan fingerprint density at radius 2 is 1.84 bits per heavy atom. The van der Waals surface area contributed by atoms with Crippen molar-refractivity contribution in [3.8, 4) is 6.07 Å². The summed E-state index contributed by atoms with van der Waals surface area (Å²) < 4.78 is 0. The molecule has 0 aromatic heterocycles. The Hall–Kier alpha value is -2.88. The summed E-state index contributed by atoms with van der Waals surface area (Å²) in [7, 11) is 0. The third kappa shape index (κ3) is 4.50.